The van der Waals surface area contributed by atoms with Gasteiger partial charge in [0.2, 0.25) is 0 Å². The largest absolute Gasteiger partial charge is 0.346 e. The number of amides is 1. The van der Waals surface area contributed by atoms with Gasteiger partial charge in [-0.1, -0.05) is 23.4 Å². The molecule has 0 saturated heterocycles. The van der Waals surface area contributed by atoms with Crippen molar-refractivity contribution in [2.75, 3.05) is 0 Å². The van der Waals surface area contributed by atoms with Crippen molar-refractivity contribution < 1.29 is 4.79 Å². The molecule has 0 saturated carbocycles. The number of pyridine rings is 1. The molecule has 0 aliphatic heterocycles. The van der Waals surface area contributed by atoms with Crippen molar-refractivity contribution in [2.24, 2.45) is 0 Å². The third-order valence-corrected chi connectivity index (χ3v) is 4.14. The van der Waals surface area contributed by atoms with Crippen LogP contribution in [0, 0.1) is 6.92 Å². The highest BCUT2D eigenvalue weighted by molar-refractivity contribution is 5.95. The van der Waals surface area contributed by atoms with Gasteiger partial charge in [0.25, 0.3) is 5.91 Å². The fraction of sp³-hybridized carbons (Fsp3) is 0.105. The van der Waals surface area contributed by atoms with Gasteiger partial charge >= 0.3 is 0 Å². The minimum absolute atomic E-state index is 0.203. The highest BCUT2D eigenvalue weighted by Crippen LogP contribution is 2.14. The van der Waals surface area contributed by atoms with E-state index in [1.54, 1.807) is 34.2 Å². The molecule has 0 spiro atoms. The summed E-state index contributed by atoms with van der Waals surface area (Å²) in [7, 11) is 0. The number of rotatable bonds is 5. The quantitative estimate of drug-likeness (QED) is 0.589. The minimum Gasteiger partial charge on any atom is -0.346 e. The van der Waals surface area contributed by atoms with Gasteiger partial charge in [0, 0.05) is 6.20 Å². The SMILES string of the molecule is Cc1c(C(=O)NCc2cn(-c3cccnc3)nn2)cnn1-c1ccccc1. The molecule has 1 N–H and O–H groups in total. The molecule has 27 heavy (non-hydrogen) atoms. The van der Waals surface area contributed by atoms with Crippen LogP contribution in [0.25, 0.3) is 11.4 Å². The molecule has 3 aromatic heterocycles. The first kappa shape index (κ1) is 16.6. The third kappa shape index (κ3) is 3.45. The predicted octanol–water partition coefficient (Wildman–Crippen LogP) is 2.09. The van der Waals surface area contributed by atoms with Crippen LogP contribution in [-0.4, -0.2) is 35.7 Å². The molecule has 0 bridgehead atoms. The van der Waals surface area contributed by atoms with Crippen LogP contribution in [0.5, 0.6) is 0 Å². The number of carbonyl (C=O) groups excluding carboxylic acids is 1. The Morgan fingerprint density at radius 3 is 2.67 bits per heavy atom. The molecule has 1 amide bonds. The van der Waals surface area contributed by atoms with Crippen LogP contribution in [0.15, 0.2) is 67.3 Å². The van der Waals surface area contributed by atoms with Gasteiger partial charge < -0.3 is 5.32 Å². The molecule has 1 aromatic carbocycles. The lowest BCUT2D eigenvalue weighted by atomic mass is 10.2. The standard InChI is InChI=1S/C19H17N7O/c1-14-18(12-22-26(14)16-6-3-2-4-7-16)19(27)21-10-15-13-25(24-23-15)17-8-5-9-20-11-17/h2-9,11-13H,10H2,1H3,(H,21,27). The van der Waals surface area contributed by atoms with Crippen LogP contribution in [0.1, 0.15) is 21.7 Å². The van der Waals surface area contributed by atoms with E-state index in [2.05, 4.69) is 25.7 Å². The predicted molar refractivity (Wildman–Crippen MR) is 98.6 cm³/mol. The normalized spacial score (nSPS) is 10.7. The minimum atomic E-state index is -0.203. The number of hydrogen-bond acceptors (Lipinski definition) is 5. The average molecular weight is 359 g/mol. The Labute approximate surface area is 155 Å². The molecule has 134 valence electrons. The molecule has 4 rings (SSSR count). The van der Waals surface area contributed by atoms with Crippen molar-refractivity contribution in [1.82, 2.24) is 35.1 Å². The van der Waals surface area contributed by atoms with Crippen LogP contribution >= 0.6 is 0 Å². The number of para-hydroxylation sites is 1. The molecule has 0 fully saturated rings. The van der Waals surface area contributed by atoms with Gasteiger partial charge in [-0.15, -0.1) is 5.10 Å². The fourth-order valence-electron chi connectivity index (χ4n) is 2.72. The first-order valence-corrected chi connectivity index (χ1v) is 8.42. The summed E-state index contributed by atoms with van der Waals surface area (Å²) >= 11 is 0. The summed E-state index contributed by atoms with van der Waals surface area (Å²) in [5.74, 6) is -0.203. The van der Waals surface area contributed by atoms with Crippen molar-refractivity contribution in [2.45, 2.75) is 13.5 Å². The highest BCUT2D eigenvalue weighted by atomic mass is 16.1. The van der Waals surface area contributed by atoms with Crippen molar-refractivity contribution in [3.8, 4) is 11.4 Å². The Morgan fingerprint density at radius 1 is 1.07 bits per heavy atom. The van der Waals surface area contributed by atoms with E-state index in [4.69, 9.17) is 0 Å². The maximum atomic E-state index is 12.5. The molecule has 0 unspecified atom stereocenters. The topological polar surface area (TPSA) is 90.5 Å². The number of carbonyl (C=O) groups is 1. The van der Waals surface area contributed by atoms with Crippen LogP contribution in [0.4, 0.5) is 0 Å². The van der Waals surface area contributed by atoms with Gasteiger partial charge in [-0.2, -0.15) is 5.10 Å². The maximum absolute atomic E-state index is 12.5. The lowest BCUT2D eigenvalue weighted by Gasteiger charge is -2.05. The molecule has 0 radical (unpaired) electrons. The maximum Gasteiger partial charge on any atom is 0.255 e. The van der Waals surface area contributed by atoms with Gasteiger partial charge in [-0.05, 0) is 31.2 Å². The van der Waals surface area contributed by atoms with Crippen molar-refractivity contribution in [3.63, 3.8) is 0 Å². The van der Waals surface area contributed by atoms with E-state index in [-0.39, 0.29) is 12.5 Å². The fourth-order valence-corrected chi connectivity index (χ4v) is 2.72. The molecule has 4 aromatic rings. The van der Waals surface area contributed by atoms with Crippen molar-refractivity contribution >= 4 is 5.91 Å². The molecule has 0 atom stereocenters. The zero-order valence-electron chi connectivity index (χ0n) is 14.6. The Bertz CT molecular complexity index is 1050. The van der Waals surface area contributed by atoms with E-state index in [0.29, 0.717) is 11.3 Å². The van der Waals surface area contributed by atoms with E-state index in [0.717, 1.165) is 17.1 Å². The monoisotopic (exact) mass is 359 g/mol. The second-order valence-electron chi connectivity index (χ2n) is 5.94. The Kier molecular flexibility index (Phi) is 4.44. The van der Waals surface area contributed by atoms with Crippen LogP contribution < -0.4 is 5.32 Å². The molecule has 3 heterocycles. The summed E-state index contributed by atoms with van der Waals surface area (Å²) in [6, 6.07) is 13.4. The molecular formula is C19H17N7O. The third-order valence-electron chi connectivity index (χ3n) is 4.14. The second kappa shape index (κ2) is 7.20. The van der Waals surface area contributed by atoms with Gasteiger partial charge in [-0.25, -0.2) is 9.36 Å². The van der Waals surface area contributed by atoms with E-state index in [1.807, 2.05) is 49.4 Å². The van der Waals surface area contributed by atoms with E-state index in [1.165, 1.54) is 0 Å². The molecule has 0 aliphatic carbocycles. The number of nitrogens with one attached hydrogen (secondary N) is 1. The lowest BCUT2D eigenvalue weighted by molar-refractivity contribution is 0.0950. The number of benzene rings is 1. The summed E-state index contributed by atoms with van der Waals surface area (Å²) < 4.78 is 3.36. The van der Waals surface area contributed by atoms with Crippen molar-refractivity contribution in [1.29, 1.82) is 0 Å². The van der Waals surface area contributed by atoms with Gasteiger partial charge in [0.1, 0.15) is 5.69 Å². The first-order chi connectivity index (χ1) is 13.2. The first-order valence-electron chi connectivity index (χ1n) is 8.42. The van der Waals surface area contributed by atoms with Crippen molar-refractivity contribution in [3.05, 3.63) is 84.2 Å². The Balaban J connectivity index is 1.45. The lowest BCUT2D eigenvalue weighted by Crippen LogP contribution is -2.23. The molecule has 0 aliphatic rings. The molecule has 8 nitrogen and oxygen atoms in total. The van der Waals surface area contributed by atoms with E-state index in [9.17, 15) is 4.79 Å². The summed E-state index contributed by atoms with van der Waals surface area (Å²) in [5, 5.41) is 15.3. The van der Waals surface area contributed by atoms with E-state index >= 15 is 0 Å². The van der Waals surface area contributed by atoms with Gasteiger partial charge in [0.15, 0.2) is 0 Å². The zero-order valence-corrected chi connectivity index (χ0v) is 14.6. The summed E-state index contributed by atoms with van der Waals surface area (Å²) in [5.41, 5.74) is 3.67. The van der Waals surface area contributed by atoms with E-state index < -0.39 is 0 Å². The summed E-state index contributed by atoms with van der Waals surface area (Å²) in [6.07, 6.45) is 6.72. The van der Waals surface area contributed by atoms with Crippen LogP contribution in [0.3, 0.4) is 0 Å². The molecular weight excluding hydrogens is 342 g/mol. The Morgan fingerprint density at radius 2 is 1.89 bits per heavy atom. The zero-order chi connectivity index (χ0) is 18.6. The number of nitrogens with zero attached hydrogens (tertiary/aromatic N) is 6. The van der Waals surface area contributed by atoms with Crippen LogP contribution in [0.2, 0.25) is 0 Å². The molecule has 8 heteroatoms. The average Bonchev–Trinajstić information content (AvgIpc) is 3.34. The second-order valence-corrected chi connectivity index (χ2v) is 5.94. The summed E-state index contributed by atoms with van der Waals surface area (Å²) in [6.45, 7) is 2.14. The number of aromatic nitrogens is 6. The smallest absolute Gasteiger partial charge is 0.255 e. The Hall–Kier alpha value is -3.81. The van der Waals surface area contributed by atoms with Gasteiger partial charge in [0.05, 0.1) is 47.8 Å². The number of hydrogen-bond donors (Lipinski definition) is 1. The van der Waals surface area contributed by atoms with Gasteiger partial charge in [-0.3, -0.25) is 9.78 Å². The summed E-state index contributed by atoms with van der Waals surface area (Å²) in [4.78, 5) is 16.6. The van der Waals surface area contributed by atoms with Crippen LogP contribution in [-0.2, 0) is 6.54 Å². The highest BCUT2D eigenvalue weighted by Gasteiger charge is 2.15.